The van der Waals surface area contributed by atoms with Gasteiger partial charge < -0.3 is 9.92 Å². The van der Waals surface area contributed by atoms with Crippen molar-refractivity contribution < 1.29 is 12.6 Å². The van der Waals surface area contributed by atoms with Gasteiger partial charge in [-0.1, -0.05) is 42.5 Å². The molecule has 1 aliphatic rings. The second-order valence-electron chi connectivity index (χ2n) is 7.16. The molecule has 1 aliphatic carbocycles. The second kappa shape index (κ2) is 7.22. The number of nitrogen functional groups attached to an aromatic ring is 1. The number of aromatic nitrogens is 1. The van der Waals surface area contributed by atoms with Gasteiger partial charge in [0.1, 0.15) is 11.6 Å². The molecule has 1 saturated carbocycles. The molecule has 2 N–H and O–H groups in total. The fourth-order valence-electron chi connectivity index (χ4n) is 3.52. The standard InChI is InChI=1S/C22H19N3O3S/c1-29(26,27)28-22-20(13-23)18(15-7-9-16(24)10-8-15)12-21(25-22)19-11-17(19)14-5-3-2-4-6-14/h2-10,12,17,19H,11,24H2,1H3. The van der Waals surface area contributed by atoms with Crippen molar-refractivity contribution in [1.29, 1.82) is 5.26 Å². The molecule has 1 aromatic heterocycles. The Morgan fingerprint density at radius 3 is 2.41 bits per heavy atom. The Hall–Kier alpha value is -3.37. The number of anilines is 1. The summed E-state index contributed by atoms with van der Waals surface area (Å²) in [7, 11) is -3.84. The minimum absolute atomic E-state index is 0.0841. The van der Waals surface area contributed by atoms with Gasteiger partial charge in [0, 0.05) is 22.9 Å². The Balaban J connectivity index is 1.82. The summed E-state index contributed by atoms with van der Waals surface area (Å²) in [4.78, 5) is 4.42. The normalized spacial score (nSPS) is 18.1. The van der Waals surface area contributed by atoms with E-state index in [1.807, 2.05) is 30.3 Å². The van der Waals surface area contributed by atoms with Gasteiger partial charge in [0.25, 0.3) is 5.88 Å². The molecule has 0 amide bonds. The van der Waals surface area contributed by atoms with Crippen molar-refractivity contribution in [2.24, 2.45) is 0 Å². The first-order chi connectivity index (χ1) is 13.9. The fraction of sp³-hybridized carbons (Fsp3) is 0.182. The quantitative estimate of drug-likeness (QED) is 0.511. The Bertz CT molecular complexity index is 1200. The number of hydrogen-bond donors (Lipinski definition) is 1. The van der Waals surface area contributed by atoms with Crippen LogP contribution in [0.3, 0.4) is 0 Å². The summed E-state index contributed by atoms with van der Waals surface area (Å²) in [5.41, 5.74) is 9.71. The molecule has 0 spiro atoms. The lowest BCUT2D eigenvalue weighted by Crippen LogP contribution is -2.10. The topological polar surface area (TPSA) is 106 Å². The monoisotopic (exact) mass is 405 g/mol. The molecule has 2 atom stereocenters. The second-order valence-corrected chi connectivity index (χ2v) is 8.73. The van der Waals surface area contributed by atoms with Crippen LogP contribution >= 0.6 is 0 Å². The number of hydrogen-bond acceptors (Lipinski definition) is 6. The first-order valence-electron chi connectivity index (χ1n) is 9.11. The summed E-state index contributed by atoms with van der Waals surface area (Å²) in [6, 6.07) is 21.1. The van der Waals surface area contributed by atoms with E-state index in [0.29, 0.717) is 22.9 Å². The minimum Gasteiger partial charge on any atom is -0.399 e. The van der Waals surface area contributed by atoms with Gasteiger partial charge in [-0.25, -0.2) is 4.98 Å². The highest BCUT2D eigenvalue weighted by Gasteiger charge is 2.41. The van der Waals surface area contributed by atoms with Gasteiger partial charge in [0.15, 0.2) is 0 Å². The predicted molar refractivity (Wildman–Crippen MR) is 111 cm³/mol. The van der Waals surface area contributed by atoms with Crippen LogP contribution in [0, 0.1) is 11.3 Å². The highest BCUT2D eigenvalue weighted by atomic mass is 32.2. The van der Waals surface area contributed by atoms with Crippen molar-refractivity contribution in [3.05, 3.63) is 77.5 Å². The van der Waals surface area contributed by atoms with Crippen molar-refractivity contribution in [3.8, 4) is 23.1 Å². The van der Waals surface area contributed by atoms with Gasteiger partial charge in [-0.3, -0.25) is 0 Å². The molecule has 1 heterocycles. The lowest BCUT2D eigenvalue weighted by molar-refractivity contribution is 0.480. The molecule has 0 bridgehead atoms. The molecule has 6 nitrogen and oxygen atoms in total. The predicted octanol–water partition coefficient (Wildman–Crippen LogP) is 3.81. The van der Waals surface area contributed by atoms with Crippen LogP contribution in [0.1, 0.15) is 35.1 Å². The third kappa shape index (κ3) is 4.08. The lowest BCUT2D eigenvalue weighted by atomic mass is 9.98. The van der Waals surface area contributed by atoms with Crippen LogP contribution in [0.5, 0.6) is 5.88 Å². The Labute approximate surface area is 169 Å². The number of nitriles is 1. The Kier molecular flexibility index (Phi) is 4.73. The van der Waals surface area contributed by atoms with E-state index < -0.39 is 10.1 Å². The molecule has 0 radical (unpaired) electrons. The third-order valence-corrected chi connectivity index (χ3v) is 5.43. The van der Waals surface area contributed by atoms with Gasteiger partial charge in [0.05, 0.1) is 6.26 Å². The number of nitrogens with two attached hydrogens (primary N) is 1. The van der Waals surface area contributed by atoms with Crippen LogP contribution in [0.15, 0.2) is 60.7 Å². The van der Waals surface area contributed by atoms with Crippen LogP contribution in [-0.2, 0) is 10.1 Å². The maximum Gasteiger partial charge on any atom is 0.307 e. The largest absolute Gasteiger partial charge is 0.399 e. The number of pyridine rings is 1. The first kappa shape index (κ1) is 19.0. The lowest BCUT2D eigenvalue weighted by Gasteiger charge is -2.12. The number of nitrogens with zero attached hydrogens (tertiary/aromatic N) is 2. The summed E-state index contributed by atoms with van der Waals surface area (Å²) in [5, 5.41) is 9.70. The van der Waals surface area contributed by atoms with Gasteiger partial charge in [-0.05, 0) is 41.7 Å². The van der Waals surface area contributed by atoms with Crippen molar-refractivity contribution in [2.45, 2.75) is 18.3 Å². The maximum absolute atomic E-state index is 11.8. The van der Waals surface area contributed by atoms with Gasteiger partial charge in [-0.15, -0.1) is 0 Å². The van der Waals surface area contributed by atoms with Gasteiger partial charge in [0.2, 0.25) is 0 Å². The molecule has 4 rings (SSSR count). The van der Waals surface area contributed by atoms with Crippen molar-refractivity contribution in [2.75, 3.05) is 12.0 Å². The zero-order valence-corrected chi connectivity index (χ0v) is 16.6. The summed E-state index contributed by atoms with van der Waals surface area (Å²) in [6.45, 7) is 0. The highest BCUT2D eigenvalue weighted by molar-refractivity contribution is 7.86. The maximum atomic E-state index is 11.8. The van der Waals surface area contributed by atoms with Crippen molar-refractivity contribution in [1.82, 2.24) is 4.98 Å². The first-order valence-corrected chi connectivity index (χ1v) is 10.9. The van der Waals surface area contributed by atoms with Gasteiger partial charge in [-0.2, -0.15) is 13.7 Å². The summed E-state index contributed by atoms with van der Waals surface area (Å²) in [5.74, 6) is 0.264. The summed E-state index contributed by atoms with van der Waals surface area (Å²) >= 11 is 0. The van der Waals surface area contributed by atoms with Crippen LogP contribution in [-0.4, -0.2) is 19.7 Å². The van der Waals surface area contributed by atoms with Crippen molar-refractivity contribution >= 4 is 15.8 Å². The molecule has 29 heavy (non-hydrogen) atoms. The number of benzene rings is 2. The number of rotatable bonds is 5. The van der Waals surface area contributed by atoms with E-state index in [-0.39, 0.29) is 17.4 Å². The molecular formula is C22H19N3O3S. The van der Waals surface area contributed by atoms with Crippen LogP contribution in [0.25, 0.3) is 11.1 Å². The average Bonchev–Trinajstić information content (AvgIpc) is 3.48. The van der Waals surface area contributed by atoms with Gasteiger partial charge >= 0.3 is 10.1 Å². The SMILES string of the molecule is CS(=O)(=O)Oc1nc(C2CC2c2ccccc2)cc(-c2ccc(N)cc2)c1C#N. The van der Waals surface area contributed by atoms with E-state index in [1.165, 1.54) is 5.56 Å². The third-order valence-electron chi connectivity index (χ3n) is 4.97. The van der Waals surface area contributed by atoms with E-state index >= 15 is 0 Å². The van der Waals surface area contributed by atoms with Crippen LogP contribution < -0.4 is 9.92 Å². The highest BCUT2D eigenvalue weighted by Crippen LogP contribution is 2.55. The minimum atomic E-state index is -3.84. The molecule has 7 heteroatoms. The molecule has 2 aromatic carbocycles. The molecule has 0 aliphatic heterocycles. The molecular weight excluding hydrogens is 386 g/mol. The summed E-state index contributed by atoms with van der Waals surface area (Å²) < 4.78 is 28.6. The fourth-order valence-corrected chi connectivity index (χ4v) is 3.93. The zero-order valence-electron chi connectivity index (χ0n) is 15.7. The average molecular weight is 405 g/mol. The van der Waals surface area contributed by atoms with E-state index in [9.17, 15) is 13.7 Å². The molecule has 1 fully saturated rings. The van der Waals surface area contributed by atoms with E-state index in [0.717, 1.165) is 18.2 Å². The van der Waals surface area contributed by atoms with E-state index in [4.69, 9.17) is 9.92 Å². The molecule has 146 valence electrons. The van der Waals surface area contributed by atoms with Crippen LogP contribution in [0.2, 0.25) is 0 Å². The zero-order chi connectivity index (χ0) is 20.6. The smallest absolute Gasteiger partial charge is 0.307 e. The van der Waals surface area contributed by atoms with Crippen molar-refractivity contribution in [3.63, 3.8) is 0 Å². The summed E-state index contributed by atoms with van der Waals surface area (Å²) in [6.07, 6.45) is 1.84. The van der Waals surface area contributed by atoms with E-state index in [2.05, 4.69) is 17.1 Å². The van der Waals surface area contributed by atoms with E-state index in [1.54, 1.807) is 24.3 Å². The molecule has 0 saturated heterocycles. The Morgan fingerprint density at radius 1 is 1.10 bits per heavy atom. The Morgan fingerprint density at radius 2 is 1.79 bits per heavy atom. The van der Waals surface area contributed by atoms with Crippen LogP contribution in [0.4, 0.5) is 5.69 Å². The molecule has 2 unspecified atom stereocenters. The molecule has 3 aromatic rings.